The molecule has 26 heavy (non-hydrogen) atoms. The molecule has 0 aliphatic rings. The van der Waals surface area contributed by atoms with E-state index in [2.05, 4.69) is 0 Å². The molecule has 0 saturated carbocycles. The van der Waals surface area contributed by atoms with Gasteiger partial charge in [0, 0.05) is 26.2 Å². The second-order valence-electron chi connectivity index (χ2n) is 4.68. The average molecular weight is 539 g/mol. The van der Waals surface area contributed by atoms with Crippen LogP contribution in [0.3, 0.4) is 0 Å². The number of ether oxygens (including phenoxy) is 4. The van der Waals surface area contributed by atoms with Crippen molar-refractivity contribution >= 4 is 0 Å². The van der Waals surface area contributed by atoms with Crippen LogP contribution in [-0.4, -0.2) is 79.3 Å². The largest absolute Gasteiger partial charge is 0 e. The minimum Gasteiger partial charge on any atom is 0 e. The maximum absolute atomic E-state index is 5.92. The third-order valence-corrected chi connectivity index (χ3v) is 8.33. The third-order valence-electron chi connectivity index (χ3n) is 2.84. The normalized spacial score (nSPS) is 11.5. The van der Waals surface area contributed by atoms with Gasteiger partial charge in [-0.05, 0) is 0 Å². The first-order valence-corrected chi connectivity index (χ1v) is 13.1. The molecular formula is C16H36O8Zr2. The van der Waals surface area contributed by atoms with Crippen LogP contribution in [0.1, 0.15) is 27.7 Å². The average Bonchev–Trinajstić information content (AvgIpc) is 2.63. The molecule has 0 aliphatic carbocycles. The smallest absolute Gasteiger partial charge is 0 e. The van der Waals surface area contributed by atoms with Crippen LogP contribution >= 0.6 is 0 Å². The summed E-state index contributed by atoms with van der Waals surface area (Å²) in [6, 6.07) is 0. The van der Waals surface area contributed by atoms with Crippen molar-refractivity contribution in [1.29, 1.82) is 0 Å². The molecular weight excluding hydrogens is 503 g/mol. The Morgan fingerprint density at radius 1 is 0.423 bits per heavy atom. The topological polar surface area (TPSA) is 73.8 Å². The fourth-order valence-corrected chi connectivity index (χ4v) is 6.24. The minimum absolute atomic E-state index is 0. The monoisotopic (exact) mass is 536 g/mol. The standard InChI is InChI=1S/4C4H9O2.2Zr/c4*1-2-6-4-3-5;;/h4*2-4H2,1H3;;/q4*-1;;+4. The summed E-state index contributed by atoms with van der Waals surface area (Å²) in [6.07, 6.45) is 0. The predicted molar refractivity (Wildman–Crippen MR) is 89.8 cm³/mol. The Morgan fingerprint density at radius 3 is 0.846 bits per heavy atom. The van der Waals surface area contributed by atoms with Gasteiger partial charge in [-0.2, -0.15) is 0 Å². The van der Waals surface area contributed by atoms with Crippen molar-refractivity contribution < 1.29 is 78.4 Å². The molecule has 0 fully saturated rings. The third kappa shape index (κ3) is 17.5. The van der Waals surface area contributed by atoms with E-state index in [4.69, 9.17) is 30.2 Å². The SMILES string of the molecule is CCOCC[O][Zr]([O]CCOCC)([O]CCOCC)[O]CCOCC.[Zr]. The quantitative estimate of drug-likeness (QED) is 0.218. The molecule has 0 radical (unpaired) electrons. The summed E-state index contributed by atoms with van der Waals surface area (Å²) in [6.45, 7) is 13.6. The maximum Gasteiger partial charge on any atom is 0 e. The van der Waals surface area contributed by atoms with E-state index in [0.717, 1.165) is 0 Å². The molecule has 156 valence electrons. The van der Waals surface area contributed by atoms with E-state index in [0.29, 0.717) is 79.3 Å². The molecule has 0 spiro atoms. The van der Waals surface area contributed by atoms with Gasteiger partial charge in [-0.1, -0.05) is 0 Å². The van der Waals surface area contributed by atoms with E-state index in [9.17, 15) is 0 Å². The van der Waals surface area contributed by atoms with Crippen molar-refractivity contribution in [2.75, 3.05) is 79.3 Å². The first kappa shape index (κ1) is 29.6. The van der Waals surface area contributed by atoms with Crippen molar-refractivity contribution in [2.45, 2.75) is 27.7 Å². The van der Waals surface area contributed by atoms with Gasteiger partial charge in [0.25, 0.3) is 0 Å². The van der Waals surface area contributed by atoms with Gasteiger partial charge in [-0.3, -0.25) is 0 Å². The Kier molecular flexibility index (Phi) is 25.9. The molecule has 0 amide bonds. The molecule has 0 aromatic rings. The fraction of sp³-hybridized carbons (Fsp3) is 1.00. The van der Waals surface area contributed by atoms with Crippen molar-refractivity contribution in [1.82, 2.24) is 0 Å². The summed E-state index contributed by atoms with van der Waals surface area (Å²) in [5.41, 5.74) is 0. The summed E-state index contributed by atoms with van der Waals surface area (Å²) in [5.74, 6) is 0. The van der Waals surface area contributed by atoms with Gasteiger partial charge in [0.15, 0.2) is 0 Å². The molecule has 0 N–H and O–H groups in total. The van der Waals surface area contributed by atoms with Gasteiger partial charge in [0.05, 0.1) is 0 Å². The van der Waals surface area contributed by atoms with Gasteiger partial charge in [-0.15, -0.1) is 0 Å². The Bertz CT molecular complexity index is 221. The first-order valence-electron chi connectivity index (χ1n) is 9.11. The molecule has 0 unspecified atom stereocenters. The summed E-state index contributed by atoms with van der Waals surface area (Å²) in [7, 11) is 0. The Labute approximate surface area is 184 Å². The van der Waals surface area contributed by atoms with Crippen LogP contribution in [0.4, 0.5) is 0 Å². The molecule has 0 atom stereocenters. The van der Waals surface area contributed by atoms with Crippen molar-refractivity contribution in [3.63, 3.8) is 0 Å². The Balaban J connectivity index is 0. The number of hydrogen-bond acceptors (Lipinski definition) is 8. The second-order valence-corrected chi connectivity index (χ2v) is 9.98. The molecule has 0 aromatic carbocycles. The van der Waals surface area contributed by atoms with Crippen molar-refractivity contribution in [3.05, 3.63) is 0 Å². The van der Waals surface area contributed by atoms with Crippen LogP contribution in [0.15, 0.2) is 0 Å². The molecule has 0 heterocycles. The van der Waals surface area contributed by atoms with Gasteiger partial charge in [0.2, 0.25) is 0 Å². The molecule has 0 aliphatic heterocycles. The number of hydrogen-bond donors (Lipinski definition) is 0. The zero-order valence-corrected chi connectivity index (χ0v) is 21.7. The Hall–Kier alpha value is 1.45. The van der Waals surface area contributed by atoms with Gasteiger partial charge >= 0.3 is 159 Å². The zero-order valence-electron chi connectivity index (χ0n) is 16.8. The van der Waals surface area contributed by atoms with Crippen LogP contribution in [-0.2, 0) is 78.4 Å². The summed E-state index contributed by atoms with van der Waals surface area (Å²) in [4.78, 5) is 0. The van der Waals surface area contributed by atoms with E-state index in [1.54, 1.807) is 0 Å². The summed E-state index contributed by atoms with van der Waals surface area (Å²) >= 11 is -4.18. The van der Waals surface area contributed by atoms with E-state index >= 15 is 0 Å². The zero-order chi connectivity index (χ0) is 18.6. The van der Waals surface area contributed by atoms with Crippen LogP contribution < -0.4 is 0 Å². The van der Waals surface area contributed by atoms with E-state index in [1.165, 1.54) is 0 Å². The Morgan fingerprint density at radius 2 is 0.654 bits per heavy atom. The van der Waals surface area contributed by atoms with Crippen molar-refractivity contribution in [2.24, 2.45) is 0 Å². The first-order chi connectivity index (χ1) is 12.2. The number of rotatable bonds is 20. The molecule has 0 saturated heterocycles. The molecule has 0 bridgehead atoms. The van der Waals surface area contributed by atoms with Crippen LogP contribution in [0.5, 0.6) is 0 Å². The molecule has 10 heteroatoms. The van der Waals surface area contributed by atoms with Crippen LogP contribution in [0.25, 0.3) is 0 Å². The molecule has 0 rings (SSSR count). The van der Waals surface area contributed by atoms with Crippen LogP contribution in [0.2, 0.25) is 0 Å². The van der Waals surface area contributed by atoms with E-state index < -0.39 is 22.0 Å². The van der Waals surface area contributed by atoms with Gasteiger partial charge in [-0.25, -0.2) is 0 Å². The predicted octanol–water partition coefficient (Wildman–Crippen LogP) is 2.01. The summed E-state index contributed by atoms with van der Waals surface area (Å²) in [5, 5.41) is 0. The molecule has 8 nitrogen and oxygen atoms in total. The van der Waals surface area contributed by atoms with Gasteiger partial charge in [0.1, 0.15) is 0 Å². The maximum atomic E-state index is 5.92. The van der Waals surface area contributed by atoms with Crippen LogP contribution in [0, 0.1) is 0 Å². The van der Waals surface area contributed by atoms with E-state index in [1.807, 2.05) is 27.7 Å². The van der Waals surface area contributed by atoms with Gasteiger partial charge < -0.3 is 0 Å². The minimum atomic E-state index is -4.18. The fourth-order valence-electron chi connectivity index (χ4n) is 1.73. The molecule has 0 aromatic heterocycles. The van der Waals surface area contributed by atoms with Crippen molar-refractivity contribution in [3.8, 4) is 0 Å². The second kappa shape index (κ2) is 22.7. The van der Waals surface area contributed by atoms with E-state index in [-0.39, 0.29) is 26.2 Å². The summed E-state index contributed by atoms with van der Waals surface area (Å²) < 4.78 is 45.0.